The van der Waals surface area contributed by atoms with Gasteiger partial charge in [-0.2, -0.15) is 0 Å². The summed E-state index contributed by atoms with van der Waals surface area (Å²) in [6.07, 6.45) is 0.826. The van der Waals surface area contributed by atoms with Crippen LogP contribution in [0.3, 0.4) is 0 Å². The molecule has 0 spiro atoms. The van der Waals surface area contributed by atoms with Crippen molar-refractivity contribution >= 4 is 0 Å². The molecule has 0 heterocycles. The summed E-state index contributed by atoms with van der Waals surface area (Å²) in [7, 11) is 0. The lowest BCUT2D eigenvalue weighted by molar-refractivity contribution is 0.191. The zero-order chi connectivity index (χ0) is 12.5. The third-order valence-corrected chi connectivity index (χ3v) is 2.04. The largest absolute Gasteiger partial charge is 0.364 e. The molecule has 0 atom stereocenters. The van der Waals surface area contributed by atoms with Crippen LogP contribution in [-0.4, -0.2) is 13.2 Å². The smallest absolute Gasteiger partial charge is 0.108 e. The molecule has 0 aliphatic carbocycles. The van der Waals surface area contributed by atoms with Gasteiger partial charge in [0.1, 0.15) is 6.61 Å². The summed E-state index contributed by atoms with van der Waals surface area (Å²) >= 11 is 0. The molecule has 0 fully saturated rings. The Hall–Kier alpha value is -1.78. The predicted octanol–water partition coefficient (Wildman–Crippen LogP) is 3.58. The van der Waals surface area contributed by atoms with Crippen LogP contribution in [0.5, 0.6) is 0 Å². The fourth-order valence-corrected chi connectivity index (χ4v) is 1.38. The Morgan fingerprint density at radius 3 is 2.59 bits per heavy atom. The summed E-state index contributed by atoms with van der Waals surface area (Å²) in [6, 6.07) is 9.88. The van der Waals surface area contributed by atoms with Gasteiger partial charge in [-0.15, -0.1) is 0 Å². The van der Waals surface area contributed by atoms with E-state index in [0.717, 1.165) is 23.1 Å². The van der Waals surface area contributed by atoms with E-state index >= 15 is 0 Å². The highest BCUT2D eigenvalue weighted by molar-refractivity contribution is 5.33. The minimum atomic E-state index is 0.435. The number of benzene rings is 1. The quantitative estimate of drug-likeness (QED) is 0.423. The molecule has 0 aliphatic heterocycles. The zero-order valence-corrected chi connectivity index (χ0v) is 10.3. The summed E-state index contributed by atoms with van der Waals surface area (Å²) in [5.41, 5.74) is 3.16. The number of hydrogen-bond donors (Lipinski definition) is 0. The van der Waals surface area contributed by atoms with E-state index in [1.165, 1.54) is 0 Å². The highest BCUT2D eigenvalue weighted by Crippen LogP contribution is 2.05. The minimum Gasteiger partial charge on any atom is -0.364 e. The highest BCUT2D eigenvalue weighted by Gasteiger charge is 1.93. The van der Waals surface area contributed by atoms with Crippen LogP contribution in [0.4, 0.5) is 0 Å². The van der Waals surface area contributed by atoms with Crippen LogP contribution in [0.2, 0.25) is 0 Å². The van der Waals surface area contributed by atoms with E-state index < -0.39 is 0 Å². The Kier molecular flexibility index (Phi) is 5.85. The third-order valence-electron chi connectivity index (χ3n) is 2.04. The van der Waals surface area contributed by atoms with E-state index in [9.17, 15) is 0 Å². The first-order valence-corrected chi connectivity index (χ1v) is 5.61. The van der Waals surface area contributed by atoms with E-state index in [0.29, 0.717) is 13.2 Å². The van der Waals surface area contributed by atoms with Gasteiger partial charge in [-0.25, -0.2) is 0 Å². The molecular formula is C16H18O. The maximum Gasteiger partial charge on any atom is 0.108 e. The summed E-state index contributed by atoms with van der Waals surface area (Å²) in [5.74, 6) is 6.01. The van der Waals surface area contributed by atoms with Crippen LogP contribution >= 0.6 is 0 Å². The van der Waals surface area contributed by atoms with Crippen molar-refractivity contribution in [1.82, 2.24) is 0 Å². The summed E-state index contributed by atoms with van der Waals surface area (Å²) in [4.78, 5) is 0. The van der Waals surface area contributed by atoms with E-state index in [1.54, 1.807) is 0 Å². The molecule has 0 saturated carbocycles. The number of allylic oxidation sites excluding steroid dienone is 1. The molecule has 1 nitrogen and oxygen atoms in total. The zero-order valence-electron chi connectivity index (χ0n) is 10.3. The van der Waals surface area contributed by atoms with Gasteiger partial charge in [0.15, 0.2) is 0 Å². The van der Waals surface area contributed by atoms with Gasteiger partial charge in [-0.3, -0.25) is 0 Å². The molecule has 1 heteroatoms. The van der Waals surface area contributed by atoms with Crippen molar-refractivity contribution in [3.63, 3.8) is 0 Å². The first-order valence-electron chi connectivity index (χ1n) is 5.61. The summed E-state index contributed by atoms with van der Waals surface area (Å²) in [6.45, 7) is 10.7. The lowest BCUT2D eigenvalue weighted by Crippen LogP contribution is -1.98. The maximum atomic E-state index is 5.40. The first kappa shape index (κ1) is 13.3. The van der Waals surface area contributed by atoms with Gasteiger partial charge < -0.3 is 4.74 Å². The van der Waals surface area contributed by atoms with Crippen molar-refractivity contribution in [1.29, 1.82) is 0 Å². The van der Waals surface area contributed by atoms with Gasteiger partial charge in [-0.1, -0.05) is 48.8 Å². The van der Waals surface area contributed by atoms with Crippen molar-refractivity contribution in [3.8, 4) is 11.8 Å². The average molecular weight is 226 g/mol. The number of hydrogen-bond acceptors (Lipinski definition) is 1. The van der Waals surface area contributed by atoms with Crippen molar-refractivity contribution in [2.24, 2.45) is 0 Å². The van der Waals surface area contributed by atoms with Crippen molar-refractivity contribution in [2.75, 3.05) is 13.2 Å². The van der Waals surface area contributed by atoms with Gasteiger partial charge in [0.2, 0.25) is 0 Å². The molecule has 0 bridgehead atoms. The molecule has 1 rings (SSSR count). The van der Waals surface area contributed by atoms with Gasteiger partial charge >= 0.3 is 0 Å². The van der Waals surface area contributed by atoms with Gasteiger partial charge in [0.05, 0.1) is 6.61 Å². The molecule has 0 unspecified atom stereocenters. The van der Waals surface area contributed by atoms with Crippen LogP contribution in [0.15, 0.2) is 54.6 Å². The molecule has 1 aromatic carbocycles. The molecular weight excluding hydrogens is 208 g/mol. The monoisotopic (exact) mass is 226 g/mol. The van der Waals surface area contributed by atoms with Crippen LogP contribution in [0.1, 0.15) is 18.9 Å². The second-order valence-electron chi connectivity index (χ2n) is 4.04. The second kappa shape index (κ2) is 7.49. The molecule has 88 valence electrons. The Balaban J connectivity index is 2.23. The lowest BCUT2D eigenvalue weighted by Gasteiger charge is -2.03. The molecule has 17 heavy (non-hydrogen) atoms. The predicted molar refractivity (Wildman–Crippen MR) is 72.7 cm³/mol. The molecule has 0 aliphatic rings. The summed E-state index contributed by atoms with van der Waals surface area (Å²) in [5, 5.41) is 0. The molecule has 1 aromatic rings. The standard InChI is InChI=1S/C16H18O/c1-14(2)12-15(3)13-17-11-7-10-16-8-5-4-6-9-16/h4-6,8-9H,1,3,11-13H2,2H3. The fourth-order valence-electron chi connectivity index (χ4n) is 1.38. The molecule has 0 N–H and O–H groups in total. The maximum absolute atomic E-state index is 5.40. The van der Waals surface area contributed by atoms with Crippen LogP contribution in [0.25, 0.3) is 0 Å². The summed E-state index contributed by atoms with van der Waals surface area (Å²) < 4.78 is 5.40. The Bertz CT molecular complexity index is 432. The van der Waals surface area contributed by atoms with E-state index in [2.05, 4.69) is 25.0 Å². The van der Waals surface area contributed by atoms with Crippen molar-refractivity contribution < 1.29 is 4.74 Å². The molecule has 0 amide bonds. The van der Waals surface area contributed by atoms with Crippen LogP contribution in [0, 0.1) is 11.8 Å². The topological polar surface area (TPSA) is 9.23 Å². The van der Waals surface area contributed by atoms with Gasteiger partial charge in [0.25, 0.3) is 0 Å². The molecule has 0 aromatic heterocycles. The fraction of sp³-hybridized carbons (Fsp3) is 0.250. The number of rotatable bonds is 5. The molecule has 0 radical (unpaired) electrons. The molecule has 0 saturated heterocycles. The average Bonchev–Trinajstić information content (AvgIpc) is 2.29. The highest BCUT2D eigenvalue weighted by atomic mass is 16.5. The normalized spacial score (nSPS) is 9.24. The van der Waals surface area contributed by atoms with Gasteiger partial charge in [-0.05, 0) is 31.1 Å². The van der Waals surface area contributed by atoms with E-state index in [-0.39, 0.29) is 0 Å². The van der Waals surface area contributed by atoms with Gasteiger partial charge in [0, 0.05) is 5.56 Å². The van der Waals surface area contributed by atoms with Crippen molar-refractivity contribution in [2.45, 2.75) is 13.3 Å². The Morgan fingerprint density at radius 1 is 1.24 bits per heavy atom. The van der Waals surface area contributed by atoms with Crippen LogP contribution in [-0.2, 0) is 4.74 Å². The second-order valence-corrected chi connectivity index (χ2v) is 4.04. The Labute approximate surface area is 104 Å². The van der Waals surface area contributed by atoms with Crippen molar-refractivity contribution in [3.05, 3.63) is 60.2 Å². The Morgan fingerprint density at radius 2 is 1.94 bits per heavy atom. The first-order chi connectivity index (χ1) is 8.18. The lowest BCUT2D eigenvalue weighted by atomic mass is 10.1. The van der Waals surface area contributed by atoms with E-state index in [1.807, 2.05) is 37.3 Å². The SMILES string of the molecule is C=C(C)CC(=C)COCC#Cc1ccccc1. The van der Waals surface area contributed by atoms with E-state index in [4.69, 9.17) is 4.74 Å². The number of ether oxygens (including phenoxy) is 1. The van der Waals surface area contributed by atoms with Crippen LogP contribution < -0.4 is 0 Å². The third kappa shape index (κ3) is 6.40. The minimum absolute atomic E-state index is 0.435.